The highest BCUT2D eigenvalue weighted by molar-refractivity contribution is 5.83. The summed E-state index contributed by atoms with van der Waals surface area (Å²) in [5.41, 5.74) is 4.32. The molecule has 4 heterocycles. The first-order valence-corrected chi connectivity index (χ1v) is 13.4. The van der Waals surface area contributed by atoms with Gasteiger partial charge in [-0.2, -0.15) is 5.10 Å². The molecule has 1 unspecified atom stereocenters. The first kappa shape index (κ1) is 24.7. The number of benzene rings is 1. The molecule has 1 aliphatic carbocycles. The lowest BCUT2D eigenvalue weighted by molar-refractivity contribution is 0.163. The number of rotatable bonds is 7. The zero-order valence-electron chi connectivity index (χ0n) is 21.9. The summed E-state index contributed by atoms with van der Waals surface area (Å²) in [7, 11) is 0. The summed E-state index contributed by atoms with van der Waals surface area (Å²) in [6.07, 6.45) is 9.27. The van der Waals surface area contributed by atoms with Gasteiger partial charge in [0, 0.05) is 55.4 Å². The Morgan fingerprint density at radius 1 is 0.947 bits per heavy atom. The van der Waals surface area contributed by atoms with Crippen LogP contribution in [-0.2, 0) is 0 Å². The van der Waals surface area contributed by atoms with E-state index in [0.717, 1.165) is 52.7 Å². The third kappa shape index (κ3) is 4.93. The van der Waals surface area contributed by atoms with Crippen LogP contribution in [0.1, 0.15) is 64.1 Å². The maximum absolute atomic E-state index is 14.1. The zero-order chi connectivity index (χ0) is 26.4. The lowest BCUT2D eigenvalue weighted by atomic mass is 9.94. The summed E-state index contributed by atoms with van der Waals surface area (Å²) >= 11 is 0. The monoisotopic (exact) mass is 518 g/mol. The molecule has 1 saturated heterocycles. The summed E-state index contributed by atoms with van der Waals surface area (Å²) in [6, 6.07) is 5.95. The van der Waals surface area contributed by atoms with E-state index in [2.05, 4.69) is 43.0 Å². The third-order valence-corrected chi connectivity index (χ3v) is 7.74. The molecule has 6 rings (SSSR count). The van der Waals surface area contributed by atoms with Crippen LogP contribution >= 0.6 is 0 Å². The predicted octanol–water partition coefficient (Wildman–Crippen LogP) is 6.31. The summed E-state index contributed by atoms with van der Waals surface area (Å²) in [6.45, 7) is 7.93. The van der Waals surface area contributed by atoms with E-state index < -0.39 is 11.6 Å². The van der Waals surface area contributed by atoms with Crippen molar-refractivity contribution in [3.8, 4) is 17.0 Å². The molecule has 7 nitrogen and oxygen atoms in total. The van der Waals surface area contributed by atoms with Crippen LogP contribution in [0.3, 0.4) is 0 Å². The number of halogens is 2. The summed E-state index contributed by atoms with van der Waals surface area (Å²) in [4.78, 5) is 17.1. The Morgan fingerprint density at radius 2 is 1.74 bits per heavy atom. The molecule has 0 N–H and O–H groups in total. The van der Waals surface area contributed by atoms with Crippen LogP contribution < -0.4 is 9.64 Å². The van der Waals surface area contributed by atoms with Crippen molar-refractivity contribution in [2.75, 3.05) is 18.0 Å². The van der Waals surface area contributed by atoms with Crippen LogP contribution in [0.5, 0.6) is 5.75 Å². The highest BCUT2D eigenvalue weighted by Crippen LogP contribution is 2.37. The second-order valence-corrected chi connectivity index (χ2v) is 10.8. The van der Waals surface area contributed by atoms with E-state index in [1.165, 1.54) is 12.1 Å². The average molecular weight is 519 g/mol. The summed E-state index contributed by atoms with van der Waals surface area (Å²) in [5, 5.41) is 4.58. The van der Waals surface area contributed by atoms with Gasteiger partial charge in [-0.1, -0.05) is 20.8 Å². The lowest BCUT2D eigenvalue weighted by Gasteiger charge is -2.33. The number of hydrogen-bond acceptors (Lipinski definition) is 6. The second-order valence-electron chi connectivity index (χ2n) is 10.8. The molecule has 0 radical (unpaired) electrons. The van der Waals surface area contributed by atoms with Gasteiger partial charge in [-0.3, -0.25) is 9.67 Å². The summed E-state index contributed by atoms with van der Waals surface area (Å²) in [5.74, 6) is 0.378. The number of anilines is 1. The smallest absolute Gasteiger partial charge is 0.167 e. The van der Waals surface area contributed by atoms with E-state index in [-0.39, 0.29) is 11.9 Å². The molecule has 2 fully saturated rings. The highest BCUT2D eigenvalue weighted by Gasteiger charge is 2.28. The quantitative estimate of drug-likeness (QED) is 0.286. The molecular weight excluding hydrogens is 486 g/mol. The standard InChI is InChI=1S/C29H32F2N6O/c1-17(2)18(3)24-13-25-26(15-32-24)34-28(19-14-33-37(16-19)21-5-6-21)29(35-25)36-10-8-22(9-11-36)38-27-7-4-20(30)12-23(27)31/h4,7,12-18,21-22H,5-6,8-11H2,1-3H3. The molecule has 1 aliphatic heterocycles. The number of piperidine rings is 1. The van der Waals surface area contributed by atoms with Gasteiger partial charge in [0.15, 0.2) is 17.4 Å². The Hall–Kier alpha value is -3.62. The van der Waals surface area contributed by atoms with Crippen molar-refractivity contribution in [1.82, 2.24) is 24.7 Å². The van der Waals surface area contributed by atoms with Crippen LogP contribution in [0.25, 0.3) is 22.3 Å². The topological polar surface area (TPSA) is 69.0 Å². The second kappa shape index (κ2) is 9.93. The molecule has 2 aliphatic rings. The van der Waals surface area contributed by atoms with Crippen LogP contribution in [0, 0.1) is 17.6 Å². The Bertz CT molecular complexity index is 1460. The highest BCUT2D eigenvalue weighted by atomic mass is 19.1. The number of nitrogens with zero attached hydrogens (tertiary/aromatic N) is 6. The third-order valence-electron chi connectivity index (χ3n) is 7.74. The number of pyridine rings is 1. The van der Waals surface area contributed by atoms with Gasteiger partial charge >= 0.3 is 0 Å². The SMILES string of the molecule is CC(C)C(C)c1cc2nc(N3CCC(Oc4ccc(F)cc4F)CC3)c(-c3cnn(C4CC4)c3)nc2cn1. The largest absolute Gasteiger partial charge is 0.487 e. The van der Waals surface area contributed by atoms with Crippen LogP contribution in [0.4, 0.5) is 14.6 Å². The van der Waals surface area contributed by atoms with Gasteiger partial charge in [0.2, 0.25) is 0 Å². The van der Waals surface area contributed by atoms with Crippen molar-refractivity contribution in [2.24, 2.45) is 5.92 Å². The molecule has 198 valence electrons. The summed E-state index contributed by atoms with van der Waals surface area (Å²) < 4.78 is 35.3. The molecule has 0 bridgehead atoms. The Kier molecular flexibility index (Phi) is 6.45. The van der Waals surface area contributed by atoms with E-state index in [0.29, 0.717) is 43.8 Å². The predicted molar refractivity (Wildman–Crippen MR) is 142 cm³/mol. The van der Waals surface area contributed by atoms with Crippen LogP contribution in [0.15, 0.2) is 42.9 Å². The normalized spacial score (nSPS) is 17.4. The molecule has 4 aromatic rings. The fraction of sp³-hybridized carbons (Fsp3) is 0.448. The molecular formula is C29H32F2N6O. The van der Waals surface area contributed by atoms with E-state index in [1.54, 1.807) is 0 Å². The number of ether oxygens (including phenoxy) is 1. The number of aromatic nitrogens is 5. The fourth-order valence-corrected chi connectivity index (χ4v) is 4.91. The number of fused-ring (bicyclic) bond motifs is 1. The minimum absolute atomic E-state index is 0.0860. The van der Waals surface area contributed by atoms with Gasteiger partial charge in [0.25, 0.3) is 0 Å². The van der Waals surface area contributed by atoms with Crippen molar-refractivity contribution >= 4 is 16.9 Å². The van der Waals surface area contributed by atoms with E-state index in [1.807, 2.05) is 17.1 Å². The molecule has 1 aromatic carbocycles. The molecule has 1 saturated carbocycles. The Labute approximate surface area is 220 Å². The minimum atomic E-state index is -0.678. The van der Waals surface area contributed by atoms with Crippen LogP contribution in [-0.4, -0.2) is 43.9 Å². The van der Waals surface area contributed by atoms with Crippen molar-refractivity contribution < 1.29 is 13.5 Å². The number of hydrogen-bond donors (Lipinski definition) is 0. The molecule has 1 atom stereocenters. The molecule has 3 aromatic heterocycles. The van der Waals surface area contributed by atoms with Gasteiger partial charge in [0.1, 0.15) is 23.1 Å². The van der Waals surface area contributed by atoms with Gasteiger partial charge in [0.05, 0.1) is 24.0 Å². The zero-order valence-corrected chi connectivity index (χ0v) is 21.9. The maximum Gasteiger partial charge on any atom is 0.167 e. The molecule has 9 heteroatoms. The van der Waals surface area contributed by atoms with E-state index >= 15 is 0 Å². The first-order chi connectivity index (χ1) is 18.4. The molecule has 0 spiro atoms. The molecule has 0 amide bonds. The first-order valence-electron chi connectivity index (χ1n) is 13.4. The van der Waals surface area contributed by atoms with Crippen molar-refractivity contribution in [3.05, 3.63) is 60.2 Å². The molecule has 38 heavy (non-hydrogen) atoms. The van der Waals surface area contributed by atoms with Gasteiger partial charge in [-0.25, -0.2) is 18.7 Å². The Balaban J connectivity index is 1.30. The van der Waals surface area contributed by atoms with E-state index in [9.17, 15) is 8.78 Å². The van der Waals surface area contributed by atoms with E-state index in [4.69, 9.17) is 19.7 Å². The van der Waals surface area contributed by atoms with Crippen molar-refractivity contribution in [2.45, 2.75) is 64.5 Å². The van der Waals surface area contributed by atoms with Gasteiger partial charge in [-0.15, -0.1) is 0 Å². The van der Waals surface area contributed by atoms with Crippen molar-refractivity contribution in [3.63, 3.8) is 0 Å². The average Bonchev–Trinajstić information content (AvgIpc) is 3.65. The lowest BCUT2D eigenvalue weighted by Crippen LogP contribution is -2.39. The maximum atomic E-state index is 14.1. The fourth-order valence-electron chi connectivity index (χ4n) is 4.91. The van der Waals surface area contributed by atoms with Crippen LogP contribution in [0.2, 0.25) is 0 Å². The van der Waals surface area contributed by atoms with Gasteiger partial charge < -0.3 is 9.64 Å². The minimum Gasteiger partial charge on any atom is -0.487 e. The van der Waals surface area contributed by atoms with Crippen molar-refractivity contribution in [1.29, 1.82) is 0 Å². The Morgan fingerprint density at radius 3 is 2.45 bits per heavy atom. The van der Waals surface area contributed by atoms with Gasteiger partial charge in [-0.05, 0) is 37.0 Å².